The van der Waals surface area contributed by atoms with E-state index in [9.17, 15) is 13.2 Å². The molecule has 0 bridgehead atoms. The van der Waals surface area contributed by atoms with Gasteiger partial charge in [-0.05, 0) is 37.5 Å². The van der Waals surface area contributed by atoms with Crippen molar-refractivity contribution in [1.29, 1.82) is 0 Å². The second-order valence-electron chi connectivity index (χ2n) is 5.92. The minimum atomic E-state index is -3.75. The number of sulfonamides is 1. The SMILES string of the molecule is Cc1ccc(S(=O)(=O)N2CCCC2C(=O)c2ccccc2)cc1Cl. The molecule has 1 fully saturated rings. The van der Waals surface area contributed by atoms with E-state index >= 15 is 0 Å². The number of carbonyl (C=O) groups excluding carboxylic acids is 1. The zero-order valence-corrected chi connectivity index (χ0v) is 14.8. The molecule has 1 heterocycles. The summed E-state index contributed by atoms with van der Waals surface area (Å²) in [6.07, 6.45) is 1.20. The van der Waals surface area contributed by atoms with Crippen molar-refractivity contribution in [3.8, 4) is 0 Å². The van der Waals surface area contributed by atoms with Crippen LogP contribution in [0.2, 0.25) is 5.02 Å². The Morgan fingerprint density at radius 3 is 2.54 bits per heavy atom. The van der Waals surface area contributed by atoms with Gasteiger partial charge in [0.05, 0.1) is 10.9 Å². The third-order valence-electron chi connectivity index (χ3n) is 4.31. The number of aryl methyl sites for hydroxylation is 1. The van der Waals surface area contributed by atoms with Gasteiger partial charge in [-0.25, -0.2) is 8.42 Å². The van der Waals surface area contributed by atoms with Crippen LogP contribution in [0.5, 0.6) is 0 Å². The molecule has 3 rings (SSSR count). The van der Waals surface area contributed by atoms with Crippen molar-refractivity contribution < 1.29 is 13.2 Å². The number of benzene rings is 2. The number of rotatable bonds is 4. The molecule has 1 aliphatic rings. The summed E-state index contributed by atoms with van der Waals surface area (Å²) in [5.74, 6) is -0.158. The van der Waals surface area contributed by atoms with Crippen LogP contribution in [0.3, 0.4) is 0 Å². The Balaban J connectivity index is 1.94. The summed E-state index contributed by atoms with van der Waals surface area (Å²) in [7, 11) is -3.75. The molecule has 126 valence electrons. The summed E-state index contributed by atoms with van der Waals surface area (Å²) in [6.45, 7) is 2.16. The van der Waals surface area contributed by atoms with E-state index < -0.39 is 16.1 Å². The van der Waals surface area contributed by atoms with Gasteiger partial charge >= 0.3 is 0 Å². The summed E-state index contributed by atoms with van der Waals surface area (Å²) in [6, 6.07) is 12.8. The highest BCUT2D eigenvalue weighted by Gasteiger charge is 2.39. The molecule has 1 atom stereocenters. The van der Waals surface area contributed by atoms with Crippen molar-refractivity contribution in [2.24, 2.45) is 0 Å². The molecule has 0 aromatic heterocycles. The monoisotopic (exact) mass is 363 g/mol. The number of ketones is 1. The maximum Gasteiger partial charge on any atom is 0.243 e. The van der Waals surface area contributed by atoms with Crippen LogP contribution >= 0.6 is 11.6 Å². The van der Waals surface area contributed by atoms with Crippen molar-refractivity contribution in [2.45, 2.75) is 30.7 Å². The summed E-state index contributed by atoms with van der Waals surface area (Å²) in [5.41, 5.74) is 1.35. The summed E-state index contributed by atoms with van der Waals surface area (Å²) >= 11 is 6.07. The molecule has 1 saturated heterocycles. The van der Waals surface area contributed by atoms with Gasteiger partial charge in [0.1, 0.15) is 0 Å². The van der Waals surface area contributed by atoms with Crippen LogP contribution in [0, 0.1) is 6.92 Å². The topological polar surface area (TPSA) is 54.5 Å². The second-order valence-corrected chi connectivity index (χ2v) is 8.21. The predicted octanol–water partition coefficient (Wildman–Crippen LogP) is 3.68. The molecule has 6 heteroatoms. The van der Waals surface area contributed by atoms with Crippen LogP contribution in [0.4, 0.5) is 0 Å². The highest BCUT2D eigenvalue weighted by Crippen LogP contribution is 2.30. The Morgan fingerprint density at radius 1 is 1.17 bits per heavy atom. The Kier molecular flexibility index (Phi) is 4.76. The maximum absolute atomic E-state index is 13.0. The Morgan fingerprint density at radius 2 is 1.88 bits per heavy atom. The third-order valence-corrected chi connectivity index (χ3v) is 6.63. The number of carbonyl (C=O) groups is 1. The van der Waals surface area contributed by atoms with Crippen LogP contribution in [0.15, 0.2) is 53.4 Å². The van der Waals surface area contributed by atoms with Gasteiger partial charge in [0.25, 0.3) is 0 Å². The molecular weight excluding hydrogens is 346 g/mol. The minimum Gasteiger partial charge on any atom is -0.292 e. The van der Waals surface area contributed by atoms with Gasteiger partial charge in [-0.3, -0.25) is 4.79 Å². The summed E-state index contributed by atoms with van der Waals surface area (Å²) in [4.78, 5) is 12.9. The van der Waals surface area contributed by atoms with Gasteiger partial charge < -0.3 is 0 Å². The normalized spacial score (nSPS) is 18.7. The molecule has 0 amide bonds. The van der Waals surface area contributed by atoms with E-state index in [2.05, 4.69) is 0 Å². The van der Waals surface area contributed by atoms with Crippen molar-refractivity contribution in [3.63, 3.8) is 0 Å². The van der Waals surface area contributed by atoms with Crippen LogP contribution in [-0.2, 0) is 10.0 Å². The van der Waals surface area contributed by atoms with Gasteiger partial charge in [-0.2, -0.15) is 4.31 Å². The Hall–Kier alpha value is -1.69. The molecule has 0 radical (unpaired) electrons. The van der Waals surface area contributed by atoms with Gasteiger partial charge in [0.15, 0.2) is 5.78 Å². The molecular formula is C18H18ClNO3S. The van der Waals surface area contributed by atoms with E-state index in [0.717, 1.165) is 5.56 Å². The van der Waals surface area contributed by atoms with E-state index in [4.69, 9.17) is 11.6 Å². The fourth-order valence-electron chi connectivity index (χ4n) is 2.95. The largest absolute Gasteiger partial charge is 0.292 e. The predicted molar refractivity (Wildman–Crippen MR) is 93.9 cm³/mol. The first-order valence-electron chi connectivity index (χ1n) is 7.78. The van der Waals surface area contributed by atoms with Gasteiger partial charge in [0.2, 0.25) is 10.0 Å². The summed E-state index contributed by atoms with van der Waals surface area (Å²) in [5, 5.41) is 0.404. The number of Topliss-reactive ketones (excluding diaryl/α,β-unsaturated/α-hetero) is 1. The number of nitrogens with zero attached hydrogens (tertiary/aromatic N) is 1. The van der Waals surface area contributed by atoms with Crippen molar-refractivity contribution in [2.75, 3.05) is 6.54 Å². The molecule has 2 aromatic carbocycles. The van der Waals surface area contributed by atoms with Crippen molar-refractivity contribution in [1.82, 2.24) is 4.31 Å². The van der Waals surface area contributed by atoms with Crippen LogP contribution < -0.4 is 0 Å². The lowest BCUT2D eigenvalue weighted by Crippen LogP contribution is -2.40. The maximum atomic E-state index is 13.0. The molecule has 4 nitrogen and oxygen atoms in total. The standard InChI is InChI=1S/C18H18ClNO3S/c1-13-9-10-15(12-16(13)19)24(22,23)20-11-5-8-17(20)18(21)14-6-3-2-4-7-14/h2-4,6-7,9-10,12,17H,5,8,11H2,1H3. The minimum absolute atomic E-state index is 0.130. The lowest BCUT2D eigenvalue weighted by molar-refractivity contribution is 0.0918. The van der Waals surface area contributed by atoms with Gasteiger partial charge in [0, 0.05) is 17.1 Å². The Labute approximate surface area is 147 Å². The lowest BCUT2D eigenvalue weighted by atomic mass is 10.0. The Bertz CT molecular complexity index is 865. The van der Waals surface area contributed by atoms with E-state index in [1.165, 1.54) is 10.4 Å². The molecule has 0 N–H and O–H groups in total. The van der Waals surface area contributed by atoms with Gasteiger partial charge in [-0.1, -0.05) is 48.0 Å². The zero-order valence-electron chi connectivity index (χ0n) is 13.3. The number of hydrogen-bond acceptors (Lipinski definition) is 3. The van der Waals surface area contributed by atoms with Crippen molar-refractivity contribution in [3.05, 3.63) is 64.7 Å². The molecule has 0 spiro atoms. The smallest absolute Gasteiger partial charge is 0.243 e. The molecule has 1 unspecified atom stereocenters. The number of hydrogen-bond donors (Lipinski definition) is 0. The number of halogens is 1. The first-order valence-corrected chi connectivity index (χ1v) is 9.60. The highest BCUT2D eigenvalue weighted by atomic mass is 35.5. The van der Waals surface area contributed by atoms with E-state index in [1.807, 2.05) is 13.0 Å². The molecule has 0 saturated carbocycles. The van der Waals surface area contributed by atoms with Crippen LogP contribution in [0.25, 0.3) is 0 Å². The van der Waals surface area contributed by atoms with E-state index in [-0.39, 0.29) is 10.7 Å². The fourth-order valence-corrected chi connectivity index (χ4v) is 4.88. The third kappa shape index (κ3) is 3.11. The first kappa shape index (κ1) is 17.1. The molecule has 24 heavy (non-hydrogen) atoms. The lowest BCUT2D eigenvalue weighted by Gasteiger charge is -2.23. The molecule has 1 aliphatic heterocycles. The zero-order chi connectivity index (χ0) is 17.3. The average Bonchev–Trinajstić information content (AvgIpc) is 3.08. The first-order chi connectivity index (χ1) is 11.4. The fraction of sp³-hybridized carbons (Fsp3) is 0.278. The molecule has 2 aromatic rings. The van der Waals surface area contributed by atoms with Crippen LogP contribution in [-0.4, -0.2) is 31.1 Å². The average molecular weight is 364 g/mol. The van der Waals surface area contributed by atoms with E-state index in [0.29, 0.717) is 30.0 Å². The van der Waals surface area contributed by atoms with E-state index in [1.54, 1.807) is 36.4 Å². The summed E-state index contributed by atoms with van der Waals surface area (Å²) < 4.78 is 27.2. The van der Waals surface area contributed by atoms with Crippen LogP contribution in [0.1, 0.15) is 28.8 Å². The van der Waals surface area contributed by atoms with Crippen molar-refractivity contribution >= 4 is 27.4 Å². The quantitative estimate of drug-likeness (QED) is 0.778. The second kappa shape index (κ2) is 6.67. The molecule has 0 aliphatic carbocycles. The highest BCUT2D eigenvalue weighted by molar-refractivity contribution is 7.89. The van der Waals surface area contributed by atoms with Gasteiger partial charge in [-0.15, -0.1) is 0 Å².